The second-order valence-corrected chi connectivity index (χ2v) is 15.0. The highest BCUT2D eigenvalue weighted by molar-refractivity contribution is 7.87. The highest BCUT2D eigenvalue weighted by atomic mass is 32.2. The van der Waals surface area contributed by atoms with Gasteiger partial charge in [0.2, 0.25) is 0 Å². The molecule has 0 saturated carbocycles. The Morgan fingerprint density at radius 2 is 0.870 bits per heavy atom. The fourth-order valence-corrected chi connectivity index (χ4v) is 7.37. The average molecular weight is 757 g/mol. The maximum Gasteiger partial charge on any atom is 0.339 e. The van der Waals surface area contributed by atoms with Crippen LogP contribution in [-0.2, 0) is 33.1 Å². The molecule has 2 heterocycles. The number of rotatable bonds is 12. The largest absolute Gasteiger partial charge is 0.377 e. The summed E-state index contributed by atoms with van der Waals surface area (Å²) in [5.41, 5.74) is 4.68. The third-order valence-corrected chi connectivity index (χ3v) is 11.0. The van der Waals surface area contributed by atoms with E-state index < -0.39 is 20.2 Å². The molecule has 12 nitrogen and oxygen atoms in total. The molecule has 7 aromatic rings. The number of nitrogens with zero attached hydrogens (tertiary/aromatic N) is 6. The van der Waals surface area contributed by atoms with Crippen LogP contribution in [0.25, 0.3) is 21.8 Å². The van der Waals surface area contributed by atoms with Gasteiger partial charge in [0.05, 0.1) is 22.7 Å². The smallest absolute Gasteiger partial charge is 0.339 e. The first-order valence-electron chi connectivity index (χ1n) is 16.9. The van der Waals surface area contributed by atoms with E-state index >= 15 is 0 Å². The van der Waals surface area contributed by atoms with Crippen LogP contribution in [0, 0.1) is 0 Å². The van der Waals surface area contributed by atoms with E-state index in [0.29, 0.717) is 44.6 Å². The molecule has 5 aromatic carbocycles. The molecule has 0 N–H and O–H groups in total. The average Bonchev–Trinajstić information content (AvgIpc) is 3.20. The Labute approximate surface area is 312 Å². The number of pyridine rings is 2. The van der Waals surface area contributed by atoms with Gasteiger partial charge in [0, 0.05) is 23.2 Å². The van der Waals surface area contributed by atoms with Crippen molar-refractivity contribution in [2.24, 2.45) is 20.5 Å². The fourth-order valence-electron chi connectivity index (χ4n) is 5.50. The lowest BCUT2D eigenvalue weighted by atomic mass is 10.2. The molecule has 2 aromatic heterocycles. The summed E-state index contributed by atoms with van der Waals surface area (Å²) in [6, 6.07) is 33.2. The van der Waals surface area contributed by atoms with Gasteiger partial charge in [-0.25, -0.2) is 0 Å². The van der Waals surface area contributed by atoms with Crippen LogP contribution in [0.2, 0.25) is 0 Å². The van der Waals surface area contributed by atoms with Crippen molar-refractivity contribution in [1.29, 1.82) is 0 Å². The van der Waals surface area contributed by atoms with E-state index in [1.54, 1.807) is 97.3 Å². The maximum atomic E-state index is 13.0. The molecule has 0 fully saturated rings. The van der Waals surface area contributed by atoms with Crippen molar-refractivity contribution in [1.82, 2.24) is 9.97 Å². The summed E-state index contributed by atoms with van der Waals surface area (Å²) >= 11 is 0. The molecular weight excluding hydrogens is 725 g/mol. The molecule has 0 saturated heterocycles. The van der Waals surface area contributed by atoms with E-state index in [1.807, 2.05) is 13.8 Å². The minimum Gasteiger partial charge on any atom is -0.377 e. The van der Waals surface area contributed by atoms with Gasteiger partial charge in [-0.05, 0) is 121 Å². The second-order valence-electron chi connectivity index (χ2n) is 12.0. The van der Waals surface area contributed by atoms with Gasteiger partial charge in [0.25, 0.3) is 0 Å². The van der Waals surface area contributed by atoms with Gasteiger partial charge < -0.3 is 8.37 Å². The van der Waals surface area contributed by atoms with Crippen LogP contribution >= 0.6 is 0 Å². The van der Waals surface area contributed by atoms with Crippen molar-refractivity contribution in [3.63, 3.8) is 0 Å². The molecule has 0 amide bonds. The molecule has 7 rings (SSSR count). The summed E-state index contributed by atoms with van der Waals surface area (Å²) in [6.45, 7) is 3.98. The standard InChI is InChI=1S/C40H32N6O6S2/c1-3-27-9-17-31(18-10-27)53(47,48)51-37-23-21-35(33-7-5-25-41-39(33)37)45-43-29-13-15-30(16-14-29)44-46-36-22-24-38(40-34(36)8-6-26-42-40)52-54(49,50)32-19-11-28(4-2)12-20-32/h5-26H,3-4H2,1-2H3. The topological polar surface area (TPSA) is 162 Å². The summed E-state index contributed by atoms with van der Waals surface area (Å²) < 4.78 is 63.2. The van der Waals surface area contributed by atoms with Gasteiger partial charge in [0.15, 0.2) is 11.5 Å². The van der Waals surface area contributed by atoms with Gasteiger partial charge in [-0.3, -0.25) is 9.97 Å². The number of aromatic nitrogens is 2. The number of benzene rings is 5. The summed E-state index contributed by atoms with van der Waals surface area (Å²) in [7, 11) is -8.19. The zero-order chi connectivity index (χ0) is 37.7. The Morgan fingerprint density at radius 1 is 0.481 bits per heavy atom. The first-order valence-corrected chi connectivity index (χ1v) is 19.7. The minimum absolute atomic E-state index is 0.0471. The van der Waals surface area contributed by atoms with Crippen LogP contribution in [-0.4, -0.2) is 26.8 Å². The highest BCUT2D eigenvalue weighted by Gasteiger charge is 2.21. The molecule has 270 valence electrons. The van der Waals surface area contributed by atoms with E-state index in [2.05, 4.69) is 30.4 Å². The maximum absolute atomic E-state index is 13.0. The quantitative estimate of drug-likeness (QED) is 0.0878. The van der Waals surface area contributed by atoms with Gasteiger partial charge in [-0.15, -0.1) is 10.2 Å². The summed E-state index contributed by atoms with van der Waals surface area (Å²) in [5, 5.41) is 18.6. The molecule has 0 spiro atoms. The summed E-state index contributed by atoms with van der Waals surface area (Å²) in [5.74, 6) is 0.152. The van der Waals surface area contributed by atoms with Crippen LogP contribution in [0.5, 0.6) is 11.5 Å². The molecule has 0 aliphatic rings. The highest BCUT2D eigenvalue weighted by Crippen LogP contribution is 2.36. The molecular formula is C40H32N6O6S2. The van der Waals surface area contributed by atoms with E-state index in [-0.39, 0.29) is 21.3 Å². The summed E-state index contributed by atoms with van der Waals surface area (Å²) in [6.07, 6.45) is 4.67. The molecule has 0 aliphatic carbocycles. The Morgan fingerprint density at radius 3 is 1.24 bits per heavy atom. The predicted octanol–water partition coefficient (Wildman–Crippen LogP) is 10.3. The molecule has 0 unspecified atom stereocenters. The van der Waals surface area contributed by atoms with E-state index in [9.17, 15) is 16.8 Å². The van der Waals surface area contributed by atoms with Crippen LogP contribution in [0.15, 0.2) is 164 Å². The minimum atomic E-state index is -4.10. The number of fused-ring (bicyclic) bond motifs is 2. The van der Waals surface area contributed by atoms with Gasteiger partial charge in [-0.1, -0.05) is 38.1 Å². The third-order valence-electron chi connectivity index (χ3n) is 8.45. The van der Waals surface area contributed by atoms with Crippen molar-refractivity contribution in [2.45, 2.75) is 36.5 Å². The van der Waals surface area contributed by atoms with Crippen LogP contribution < -0.4 is 8.37 Å². The van der Waals surface area contributed by atoms with Crippen molar-refractivity contribution in [3.05, 3.63) is 145 Å². The van der Waals surface area contributed by atoms with Crippen LogP contribution in [0.1, 0.15) is 25.0 Å². The van der Waals surface area contributed by atoms with Crippen molar-refractivity contribution in [2.75, 3.05) is 0 Å². The number of hydrogen-bond donors (Lipinski definition) is 0. The second kappa shape index (κ2) is 15.3. The fraction of sp³-hybridized carbons (Fsp3) is 0.100. The first-order chi connectivity index (χ1) is 26.1. The first kappa shape index (κ1) is 36.0. The van der Waals surface area contributed by atoms with Crippen molar-refractivity contribution >= 4 is 64.8 Å². The monoisotopic (exact) mass is 756 g/mol. The Hall–Kier alpha value is -6.38. The molecule has 0 aliphatic heterocycles. The molecule has 54 heavy (non-hydrogen) atoms. The Bertz CT molecular complexity index is 2570. The van der Waals surface area contributed by atoms with Gasteiger partial charge in [0.1, 0.15) is 20.8 Å². The zero-order valence-corrected chi connectivity index (χ0v) is 30.7. The number of hydrogen-bond acceptors (Lipinski definition) is 12. The van der Waals surface area contributed by atoms with Crippen molar-refractivity contribution < 1.29 is 25.2 Å². The van der Waals surface area contributed by atoms with E-state index in [1.165, 1.54) is 36.4 Å². The molecule has 14 heteroatoms. The Kier molecular flexibility index (Phi) is 10.2. The predicted molar refractivity (Wildman–Crippen MR) is 206 cm³/mol. The normalized spacial score (nSPS) is 12.2. The lowest BCUT2D eigenvalue weighted by Gasteiger charge is -2.10. The van der Waals surface area contributed by atoms with Gasteiger partial charge >= 0.3 is 20.2 Å². The van der Waals surface area contributed by atoms with Crippen molar-refractivity contribution in [3.8, 4) is 11.5 Å². The number of azo groups is 2. The van der Waals surface area contributed by atoms with Crippen LogP contribution in [0.4, 0.5) is 22.7 Å². The molecule has 0 radical (unpaired) electrons. The van der Waals surface area contributed by atoms with E-state index in [4.69, 9.17) is 8.37 Å². The van der Waals surface area contributed by atoms with Crippen LogP contribution in [0.3, 0.4) is 0 Å². The number of aryl methyl sites for hydroxylation is 2. The molecule has 0 atom stereocenters. The zero-order valence-electron chi connectivity index (χ0n) is 29.1. The third kappa shape index (κ3) is 7.84. The van der Waals surface area contributed by atoms with E-state index in [0.717, 1.165) is 24.0 Å². The summed E-state index contributed by atoms with van der Waals surface area (Å²) in [4.78, 5) is 8.82. The Balaban J connectivity index is 1.07. The molecule has 0 bridgehead atoms. The SMILES string of the molecule is CCc1ccc(S(=O)(=O)Oc2ccc(N=Nc3ccc(N=Nc4ccc(OS(=O)(=O)c5ccc(CC)cc5)c5ncccc45)cc3)c3cccnc23)cc1. The lowest BCUT2D eigenvalue weighted by Crippen LogP contribution is -2.10. The lowest BCUT2D eigenvalue weighted by molar-refractivity contribution is 0.486. The van der Waals surface area contributed by atoms with Gasteiger partial charge in [-0.2, -0.15) is 27.1 Å².